The highest BCUT2D eigenvalue weighted by molar-refractivity contribution is 6.31. The van der Waals surface area contributed by atoms with Gasteiger partial charge in [-0.2, -0.15) is 5.10 Å². The summed E-state index contributed by atoms with van der Waals surface area (Å²) >= 11 is 5.95. The fraction of sp³-hybridized carbons (Fsp3) is 0.375. The molecule has 0 saturated heterocycles. The lowest BCUT2D eigenvalue weighted by Crippen LogP contribution is -2.22. The Morgan fingerprint density at radius 3 is 3.27 bits per heavy atom. The van der Waals surface area contributed by atoms with Gasteiger partial charge in [-0.3, -0.25) is 9.89 Å². The van der Waals surface area contributed by atoms with E-state index in [2.05, 4.69) is 15.5 Å². The third-order valence-corrected chi connectivity index (χ3v) is 4.11. The number of halogens is 1. The first-order valence-corrected chi connectivity index (χ1v) is 7.71. The second-order valence-electron chi connectivity index (χ2n) is 5.51. The second kappa shape index (κ2) is 6.50. The number of nitrogens with zero attached hydrogens (tertiary/aromatic N) is 1. The van der Waals surface area contributed by atoms with Crippen molar-refractivity contribution in [1.82, 2.24) is 10.2 Å². The summed E-state index contributed by atoms with van der Waals surface area (Å²) in [5.74, 6) is -0.183. The number of amides is 1. The number of carbonyl (C=O) groups is 1. The van der Waals surface area contributed by atoms with E-state index >= 15 is 0 Å². The van der Waals surface area contributed by atoms with E-state index in [0.29, 0.717) is 10.7 Å². The molecule has 1 aliphatic rings. The Balaban J connectivity index is 1.58. The molecule has 2 N–H and O–H groups in total. The van der Waals surface area contributed by atoms with Crippen molar-refractivity contribution < 1.29 is 9.53 Å². The number of hydrogen-bond acceptors (Lipinski definition) is 3. The summed E-state index contributed by atoms with van der Waals surface area (Å²) < 4.78 is 5.76. The molecule has 5 nitrogen and oxygen atoms in total. The highest BCUT2D eigenvalue weighted by atomic mass is 35.5. The van der Waals surface area contributed by atoms with Gasteiger partial charge >= 0.3 is 0 Å². The first kappa shape index (κ1) is 15.1. The number of carbonyl (C=O) groups excluding carboxylic acids is 1. The van der Waals surface area contributed by atoms with Crippen LogP contribution in [0.5, 0.6) is 0 Å². The van der Waals surface area contributed by atoms with Crippen LogP contribution in [-0.2, 0) is 16.0 Å². The lowest BCUT2D eigenvalue weighted by Gasteiger charge is -2.22. The van der Waals surface area contributed by atoms with Crippen molar-refractivity contribution in [2.75, 3.05) is 11.9 Å². The van der Waals surface area contributed by atoms with Gasteiger partial charge in [-0.25, -0.2) is 0 Å². The van der Waals surface area contributed by atoms with Gasteiger partial charge in [0, 0.05) is 10.7 Å². The van der Waals surface area contributed by atoms with E-state index in [4.69, 9.17) is 16.3 Å². The summed E-state index contributed by atoms with van der Waals surface area (Å²) in [5, 5.41) is 10.5. The smallest absolute Gasteiger partial charge is 0.250 e. The molecule has 1 aromatic carbocycles. The summed E-state index contributed by atoms with van der Waals surface area (Å²) in [6, 6.07) is 5.41. The molecule has 1 aliphatic carbocycles. The van der Waals surface area contributed by atoms with Gasteiger partial charge in [0.1, 0.15) is 6.61 Å². The standard InChI is InChI=1S/C16H18ClN3O2/c1-10-5-6-12(17)7-13(10)19-15(21)9-22-14-4-2-3-11-8-18-20-16(11)14/h5-8,14H,2-4,9H2,1H3,(H,18,20)(H,19,21). The Labute approximate surface area is 134 Å². The second-order valence-corrected chi connectivity index (χ2v) is 5.94. The van der Waals surface area contributed by atoms with E-state index in [1.54, 1.807) is 12.1 Å². The van der Waals surface area contributed by atoms with Gasteiger partial charge in [0.15, 0.2) is 0 Å². The zero-order chi connectivity index (χ0) is 15.5. The van der Waals surface area contributed by atoms with Crippen LogP contribution in [-0.4, -0.2) is 22.7 Å². The molecule has 1 unspecified atom stereocenters. The highest BCUT2D eigenvalue weighted by Gasteiger charge is 2.23. The zero-order valence-electron chi connectivity index (χ0n) is 12.4. The van der Waals surface area contributed by atoms with Crippen LogP contribution >= 0.6 is 11.6 Å². The number of rotatable bonds is 4. The highest BCUT2D eigenvalue weighted by Crippen LogP contribution is 2.30. The molecule has 0 radical (unpaired) electrons. The first-order valence-electron chi connectivity index (χ1n) is 7.33. The largest absolute Gasteiger partial charge is 0.362 e. The predicted molar refractivity (Wildman–Crippen MR) is 85.0 cm³/mol. The molecule has 3 rings (SSSR count). The topological polar surface area (TPSA) is 67.0 Å². The molecule has 0 saturated carbocycles. The molecule has 1 heterocycles. The van der Waals surface area contributed by atoms with Crippen molar-refractivity contribution in [3.8, 4) is 0 Å². The van der Waals surface area contributed by atoms with Crippen LogP contribution < -0.4 is 5.32 Å². The fourth-order valence-electron chi connectivity index (χ4n) is 2.68. The van der Waals surface area contributed by atoms with Crippen molar-refractivity contribution in [2.24, 2.45) is 0 Å². The summed E-state index contributed by atoms with van der Waals surface area (Å²) in [4.78, 5) is 12.1. The summed E-state index contributed by atoms with van der Waals surface area (Å²) in [5.41, 5.74) is 3.86. The summed E-state index contributed by atoms with van der Waals surface area (Å²) in [6.45, 7) is 1.93. The van der Waals surface area contributed by atoms with Crippen LogP contribution in [0, 0.1) is 6.92 Å². The number of H-pyrrole nitrogens is 1. The van der Waals surface area contributed by atoms with E-state index in [-0.39, 0.29) is 18.6 Å². The third-order valence-electron chi connectivity index (χ3n) is 3.88. The van der Waals surface area contributed by atoms with Gasteiger partial charge in [0.25, 0.3) is 0 Å². The van der Waals surface area contributed by atoms with Gasteiger partial charge in [-0.15, -0.1) is 0 Å². The number of aryl methyl sites for hydroxylation is 2. The van der Waals surface area contributed by atoms with E-state index < -0.39 is 0 Å². The van der Waals surface area contributed by atoms with E-state index in [9.17, 15) is 4.79 Å². The fourth-order valence-corrected chi connectivity index (χ4v) is 2.85. The van der Waals surface area contributed by atoms with E-state index in [0.717, 1.165) is 30.5 Å². The Kier molecular flexibility index (Phi) is 4.45. The summed E-state index contributed by atoms with van der Waals surface area (Å²) in [7, 11) is 0. The van der Waals surface area contributed by atoms with Crippen molar-refractivity contribution in [3.63, 3.8) is 0 Å². The average molecular weight is 320 g/mol. The molecule has 0 spiro atoms. The SMILES string of the molecule is Cc1ccc(Cl)cc1NC(=O)COC1CCCc2cn[nH]c21. The van der Waals surface area contributed by atoms with Crippen LogP contribution in [0.15, 0.2) is 24.4 Å². The van der Waals surface area contributed by atoms with Crippen molar-refractivity contribution in [2.45, 2.75) is 32.3 Å². The maximum absolute atomic E-state index is 12.1. The van der Waals surface area contributed by atoms with E-state index in [1.165, 1.54) is 5.56 Å². The quantitative estimate of drug-likeness (QED) is 0.907. The van der Waals surface area contributed by atoms with Gasteiger partial charge in [-0.1, -0.05) is 17.7 Å². The Morgan fingerprint density at radius 2 is 2.41 bits per heavy atom. The molecule has 0 fully saturated rings. The molecule has 6 heteroatoms. The number of benzene rings is 1. The summed E-state index contributed by atoms with van der Waals surface area (Å²) in [6.07, 6.45) is 4.71. The number of anilines is 1. The molecule has 1 aromatic heterocycles. The molecule has 0 aliphatic heterocycles. The number of fused-ring (bicyclic) bond motifs is 1. The molecule has 1 atom stereocenters. The third kappa shape index (κ3) is 3.31. The monoisotopic (exact) mass is 319 g/mol. The predicted octanol–water partition coefficient (Wildman–Crippen LogP) is 3.40. The van der Waals surface area contributed by atoms with Crippen LogP contribution in [0.3, 0.4) is 0 Å². The van der Waals surface area contributed by atoms with Gasteiger partial charge < -0.3 is 10.1 Å². The number of aromatic amines is 1. The van der Waals surface area contributed by atoms with Crippen molar-refractivity contribution >= 4 is 23.2 Å². The van der Waals surface area contributed by atoms with Crippen LogP contribution in [0.25, 0.3) is 0 Å². The Bertz CT molecular complexity index is 684. The van der Waals surface area contributed by atoms with Crippen molar-refractivity contribution in [1.29, 1.82) is 0 Å². The number of hydrogen-bond donors (Lipinski definition) is 2. The zero-order valence-corrected chi connectivity index (χ0v) is 13.1. The lowest BCUT2D eigenvalue weighted by atomic mass is 9.96. The Hall–Kier alpha value is -1.85. The van der Waals surface area contributed by atoms with Crippen LogP contribution in [0.1, 0.15) is 35.8 Å². The van der Waals surface area contributed by atoms with Crippen LogP contribution in [0.4, 0.5) is 5.69 Å². The molecular formula is C16H18ClN3O2. The minimum atomic E-state index is -0.183. The molecule has 116 valence electrons. The minimum Gasteiger partial charge on any atom is -0.362 e. The normalized spacial score (nSPS) is 17.1. The number of nitrogens with one attached hydrogen (secondary N) is 2. The molecule has 22 heavy (non-hydrogen) atoms. The lowest BCUT2D eigenvalue weighted by molar-refractivity contribution is -0.123. The maximum atomic E-state index is 12.1. The minimum absolute atomic E-state index is 0.00901. The van der Waals surface area contributed by atoms with E-state index in [1.807, 2.05) is 19.2 Å². The molecule has 2 aromatic rings. The van der Waals surface area contributed by atoms with Gasteiger partial charge in [0.2, 0.25) is 5.91 Å². The number of aromatic nitrogens is 2. The number of ether oxygens (including phenoxy) is 1. The average Bonchev–Trinajstić information content (AvgIpc) is 2.98. The molecule has 1 amide bonds. The first-order chi connectivity index (χ1) is 10.6. The van der Waals surface area contributed by atoms with Crippen LogP contribution in [0.2, 0.25) is 5.02 Å². The molecular weight excluding hydrogens is 302 g/mol. The van der Waals surface area contributed by atoms with Gasteiger partial charge in [0.05, 0.1) is 18.0 Å². The maximum Gasteiger partial charge on any atom is 0.250 e. The van der Waals surface area contributed by atoms with Crippen molar-refractivity contribution in [3.05, 3.63) is 46.2 Å². The van der Waals surface area contributed by atoms with Gasteiger partial charge in [-0.05, 0) is 49.4 Å². The Morgan fingerprint density at radius 1 is 1.55 bits per heavy atom. The molecule has 0 bridgehead atoms.